The third-order valence-corrected chi connectivity index (χ3v) is 4.48. The summed E-state index contributed by atoms with van der Waals surface area (Å²) in [5.41, 5.74) is 3.61. The fourth-order valence-electron chi connectivity index (χ4n) is 3.12. The molecule has 0 aliphatic heterocycles. The number of aromatic nitrogens is 5. The van der Waals surface area contributed by atoms with Crippen molar-refractivity contribution in [3.8, 4) is 6.07 Å². The van der Waals surface area contributed by atoms with Crippen molar-refractivity contribution < 1.29 is 0 Å². The Balaban J connectivity index is 1.79. The summed E-state index contributed by atoms with van der Waals surface area (Å²) in [7, 11) is 0. The van der Waals surface area contributed by atoms with Crippen molar-refractivity contribution in [2.24, 2.45) is 5.92 Å². The van der Waals surface area contributed by atoms with Crippen molar-refractivity contribution in [2.75, 3.05) is 5.32 Å². The Kier molecular flexibility index (Phi) is 5.16. The molecule has 7 nitrogen and oxygen atoms in total. The summed E-state index contributed by atoms with van der Waals surface area (Å²) < 4.78 is 1.79. The summed E-state index contributed by atoms with van der Waals surface area (Å²) in [6.07, 6.45) is 0.737. The average molecular weight is 383 g/mol. The van der Waals surface area contributed by atoms with Gasteiger partial charge in [0.25, 0.3) is 0 Å². The van der Waals surface area contributed by atoms with E-state index in [0.29, 0.717) is 40.7 Å². The number of anilines is 2. The summed E-state index contributed by atoms with van der Waals surface area (Å²) in [4.78, 5) is 9.42. The highest BCUT2D eigenvalue weighted by Crippen LogP contribution is 2.25. The second-order valence-electron chi connectivity index (χ2n) is 7.27. The van der Waals surface area contributed by atoms with Crippen LogP contribution in [0.4, 0.5) is 11.5 Å². The molecule has 0 saturated carbocycles. The zero-order valence-electron chi connectivity index (χ0n) is 16.4. The molecule has 2 aromatic carbocycles. The summed E-state index contributed by atoms with van der Waals surface area (Å²) >= 11 is 0. The lowest BCUT2D eigenvalue weighted by Gasteiger charge is -2.11. The van der Waals surface area contributed by atoms with E-state index in [1.807, 2.05) is 48.5 Å². The van der Waals surface area contributed by atoms with Crippen molar-refractivity contribution in [2.45, 2.75) is 26.8 Å². The SMILES string of the molecule is CC(C)Cc1nc(Nc2ccccc2C#N)c2nnn(Cc3ccccc3)c2n1. The Morgan fingerprint density at radius 2 is 1.79 bits per heavy atom. The first-order valence-electron chi connectivity index (χ1n) is 9.54. The number of nitriles is 1. The smallest absolute Gasteiger partial charge is 0.184 e. The second kappa shape index (κ2) is 8.07. The maximum atomic E-state index is 9.40. The van der Waals surface area contributed by atoms with Gasteiger partial charge in [-0.05, 0) is 23.6 Å². The first-order valence-corrected chi connectivity index (χ1v) is 9.54. The number of fused-ring (bicyclic) bond motifs is 1. The Hall–Kier alpha value is -3.79. The molecule has 2 heterocycles. The molecular formula is C22H21N7. The number of para-hydroxylation sites is 1. The zero-order chi connectivity index (χ0) is 20.2. The van der Waals surface area contributed by atoms with Gasteiger partial charge in [-0.1, -0.05) is 61.5 Å². The van der Waals surface area contributed by atoms with Gasteiger partial charge in [0.2, 0.25) is 0 Å². The van der Waals surface area contributed by atoms with Crippen LogP contribution in [0.5, 0.6) is 0 Å². The minimum atomic E-state index is 0.408. The van der Waals surface area contributed by atoms with Crippen LogP contribution in [0.2, 0.25) is 0 Å². The van der Waals surface area contributed by atoms with E-state index < -0.39 is 0 Å². The van der Waals surface area contributed by atoms with Crippen LogP contribution < -0.4 is 5.32 Å². The van der Waals surface area contributed by atoms with Gasteiger partial charge in [0, 0.05) is 6.42 Å². The van der Waals surface area contributed by atoms with Crippen LogP contribution in [0, 0.1) is 17.2 Å². The molecule has 2 aromatic heterocycles. The largest absolute Gasteiger partial charge is 0.337 e. The third kappa shape index (κ3) is 4.06. The second-order valence-corrected chi connectivity index (χ2v) is 7.27. The third-order valence-electron chi connectivity index (χ3n) is 4.48. The molecular weight excluding hydrogens is 362 g/mol. The van der Waals surface area contributed by atoms with Gasteiger partial charge in [-0.25, -0.2) is 14.6 Å². The molecule has 0 fully saturated rings. The molecule has 0 spiro atoms. The van der Waals surface area contributed by atoms with E-state index in [1.165, 1.54) is 0 Å². The Morgan fingerprint density at radius 1 is 1.03 bits per heavy atom. The van der Waals surface area contributed by atoms with Gasteiger partial charge in [-0.2, -0.15) is 5.26 Å². The lowest BCUT2D eigenvalue weighted by atomic mass is 10.1. The van der Waals surface area contributed by atoms with Gasteiger partial charge in [0.1, 0.15) is 11.9 Å². The number of nitrogens with one attached hydrogen (secondary N) is 1. The predicted molar refractivity (Wildman–Crippen MR) is 112 cm³/mol. The van der Waals surface area contributed by atoms with Crippen LogP contribution in [0.25, 0.3) is 11.2 Å². The molecule has 0 amide bonds. The molecule has 0 unspecified atom stereocenters. The molecule has 0 atom stereocenters. The minimum absolute atomic E-state index is 0.408. The highest BCUT2D eigenvalue weighted by atomic mass is 15.4. The monoisotopic (exact) mass is 383 g/mol. The average Bonchev–Trinajstić information content (AvgIpc) is 3.11. The Labute approximate surface area is 169 Å². The molecule has 4 rings (SSSR count). The fraction of sp³-hybridized carbons (Fsp3) is 0.227. The minimum Gasteiger partial charge on any atom is -0.337 e. The van der Waals surface area contributed by atoms with Gasteiger partial charge >= 0.3 is 0 Å². The molecule has 144 valence electrons. The molecule has 7 heteroatoms. The first kappa shape index (κ1) is 18.6. The quantitative estimate of drug-likeness (QED) is 0.539. The highest BCUT2D eigenvalue weighted by Gasteiger charge is 2.17. The van der Waals surface area contributed by atoms with E-state index in [-0.39, 0.29) is 0 Å². The molecule has 0 aliphatic rings. The maximum Gasteiger partial charge on any atom is 0.184 e. The molecule has 29 heavy (non-hydrogen) atoms. The summed E-state index contributed by atoms with van der Waals surface area (Å²) in [5.74, 6) is 1.69. The Bertz CT molecular complexity index is 1170. The van der Waals surface area contributed by atoms with E-state index >= 15 is 0 Å². The van der Waals surface area contributed by atoms with Crippen LogP contribution in [-0.4, -0.2) is 25.0 Å². The van der Waals surface area contributed by atoms with Crippen molar-refractivity contribution in [3.63, 3.8) is 0 Å². The van der Waals surface area contributed by atoms with Crippen LogP contribution in [0.3, 0.4) is 0 Å². The van der Waals surface area contributed by atoms with Gasteiger partial charge in [0.15, 0.2) is 17.0 Å². The molecule has 1 N–H and O–H groups in total. The van der Waals surface area contributed by atoms with Crippen molar-refractivity contribution >= 4 is 22.7 Å². The lowest BCUT2D eigenvalue weighted by Crippen LogP contribution is -2.08. The number of benzene rings is 2. The van der Waals surface area contributed by atoms with Crippen molar-refractivity contribution in [1.82, 2.24) is 25.0 Å². The van der Waals surface area contributed by atoms with E-state index in [2.05, 4.69) is 40.5 Å². The van der Waals surface area contributed by atoms with Gasteiger partial charge in [-0.15, -0.1) is 5.10 Å². The molecule has 4 aromatic rings. The number of hydrogen-bond donors (Lipinski definition) is 1. The molecule has 0 bridgehead atoms. The molecule has 0 saturated heterocycles. The van der Waals surface area contributed by atoms with Crippen LogP contribution >= 0.6 is 0 Å². The summed E-state index contributed by atoms with van der Waals surface area (Å²) in [6, 6.07) is 19.6. The number of rotatable bonds is 6. The van der Waals surface area contributed by atoms with Gasteiger partial charge in [0.05, 0.1) is 17.8 Å². The highest BCUT2D eigenvalue weighted by molar-refractivity contribution is 5.85. The first-order chi connectivity index (χ1) is 14.1. The van der Waals surface area contributed by atoms with Crippen LogP contribution in [0.1, 0.15) is 30.8 Å². The fourth-order valence-corrected chi connectivity index (χ4v) is 3.12. The van der Waals surface area contributed by atoms with Crippen LogP contribution in [0.15, 0.2) is 54.6 Å². The topological polar surface area (TPSA) is 92.3 Å². The standard InChI is InChI=1S/C22H21N7/c1-15(2)12-19-25-21(24-18-11-7-6-10-17(18)13-23)20-22(26-19)29(28-27-20)14-16-8-4-3-5-9-16/h3-11,15H,12,14H2,1-2H3,(H,24,25,26). The van der Waals surface area contributed by atoms with Crippen molar-refractivity contribution in [1.29, 1.82) is 5.26 Å². The summed E-state index contributed by atoms with van der Waals surface area (Å²) in [5, 5.41) is 21.3. The van der Waals surface area contributed by atoms with Crippen molar-refractivity contribution in [3.05, 3.63) is 71.5 Å². The van der Waals surface area contributed by atoms with E-state index in [4.69, 9.17) is 4.98 Å². The Morgan fingerprint density at radius 3 is 2.55 bits per heavy atom. The maximum absolute atomic E-state index is 9.40. The number of hydrogen-bond acceptors (Lipinski definition) is 6. The normalized spacial score (nSPS) is 11.0. The van der Waals surface area contributed by atoms with Gasteiger partial charge < -0.3 is 5.32 Å². The zero-order valence-corrected chi connectivity index (χ0v) is 16.4. The van der Waals surface area contributed by atoms with Gasteiger partial charge in [-0.3, -0.25) is 0 Å². The lowest BCUT2D eigenvalue weighted by molar-refractivity contribution is 0.618. The van der Waals surface area contributed by atoms with E-state index in [9.17, 15) is 5.26 Å². The molecule has 0 aliphatic carbocycles. The number of nitrogens with zero attached hydrogens (tertiary/aromatic N) is 6. The predicted octanol–water partition coefficient (Wildman–Crippen LogP) is 4.08. The van der Waals surface area contributed by atoms with E-state index in [0.717, 1.165) is 17.8 Å². The summed E-state index contributed by atoms with van der Waals surface area (Å²) in [6.45, 7) is 4.83. The molecule has 0 radical (unpaired) electrons. The van der Waals surface area contributed by atoms with Crippen LogP contribution in [-0.2, 0) is 13.0 Å². The van der Waals surface area contributed by atoms with E-state index in [1.54, 1.807) is 10.7 Å².